The molecular formula is C11H22INO2. The summed E-state index contributed by atoms with van der Waals surface area (Å²) in [5.41, 5.74) is -0.363. The van der Waals surface area contributed by atoms with Gasteiger partial charge in [0.1, 0.15) is 23.0 Å². The summed E-state index contributed by atoms with van der Waals surface area (Å²) in [6.45, 7) is 14.2. The zero-order valence-electron chi connectivity index (χ0n) is 10.7. The predicted molar refractivity (Wildman–Crippen MR) is 70.3 cm³/mol. The second-order valence-electron chi connectivity index (χ2n) is 5.32. The van der Waals surface area contributed by atoms with Crippen LogP contribution in [0.15, 0.2) is 0 Å². The van der Waals surface area contributed by atoms with Gasteiger partial charge in [-0.25, -0.2) is 8.23 Å². The first-order valence-corrected chi connectivity index (χ1v) is 6.06. The summed E-state index contributed by atoms with van der Waals surface area (Å²) in [4.78, 5) is 11.5. The van der Waals surface area contributed by atoms with Crippen LogP contribution in [0.25, 0.3) is 0 Å². The van der Waals surface area contributed by atoms with Gasteiger partial charge in [0, 0.05) is 6.92 Å². The van der Waals surface area contributed by atoms with Gasteiger partial charge in [-0.1, -0.05) is 27.7 Å². The van der Waals surface area contributed by atoms with Crippen LogP contribution in [0.2, 0.25) is 0 Å². The number of amides is 1. The minimum absolute atomic E-state index is 0.0240. The fourth-order valence-electron chi connectivity index (χ4n) is 1.50. The van der Waals surface area contributed by atoms with Crippen LogP contribution in [0, 0.1) is 11.3 Å². The average Bonchev–Trinajstić information content (AvgIpc) is 2.03. The highest BCUT2D eigenvalue weighted by molar-refractivity contribution is 14.1. The van der Waals surface area contributed by atoms with Gasteiger partial charge in [0.15, 0.2) is 0 Å². The molecule has 0 atom stereocenters. The van der Waals surface area contributed by atoms with E-state index in [0.29, 0.717) is 5.92 Å². The van der Waals surface area contributed by atoms with E-state index >= 15 is 0 Å². The molecule has 0 unspecified atom stereocenters. The van der Waals surface area contributed by atoms with Crippen molar-refractivity contribution in [1.82, 2.24) is 5.06 Å². The normalized spacial score (nSPS) is 13.1. The molecule has 0 spiro atoms. The van der Waals surface area contributed by atoms with E-state index in [9.17, 15) is 4.79 Å². The van der Waals surface area contributed by atoms with Crippen molar-refractivity contribution in [1.29, 1.82) is 0 Å². The molecule has 0 aliphatic rings. The average molecular weight is 327 g/mol. The topological polar surface area (TPSA) is 29.5 Å². The monoisotopic (exact) mass is 327 g/mol. The van der Waals surface area contributed by atoms with Crippen molar-refractivity contribution in [3.8, 4) is 0 Å². The Morgan fingerprint density at radius 1 is 1.27 bits per heavy atom. The van der Waals surface area contributed by atoms with Gasteiger partial charge in [0.2, 0.25) is 5.91 Å². The Hall–Kier alpha value is 0.160. The highest BCUT2D eigenvalue weighted by Crippen LogP contribution is 2.42. The smallest absolute Gasteiger partial charge is 0.244 e. The molecule has 0 aromatic rings. The molecule has 0 saturated heterocycles. The van der Waals surface area contributed by atoms with Gasteiger partial charge >= 0.3 is 0 Å². The molecule has 0 aromatic heterocycles. The molecule has 0 heterocycles. The van der Waals surface area contributed by atoms with Gasteiger partial charge in [-0.2, -0.15) is 0 Å². The summed E-state index contributed by atoms with van der Waals surface area (Å²) < 4.78 is 5.17. The summed E-state index contributed by atoms with van der Waals surface area (Å²) in [6.07, 6.45) is 0. The highest BCUT2D eigenvalue weighted by atomic mass is 127. The van der Waals surface area contributed by atoms with Crippen LogP contribution in [-0.2, 0) is 7.96 Å². The maximum Gasteiger partial charge on any atom is 0.244 e. The third-order valence-electron chi connectivity index (χ3n) is 3.88. The Balaban J connectivity index is 5.17. The number of rotatable bonds is 4. The van der Waals surface area contributed by atoms with E-state index < -0.39 is 0 Å². The maximum atomic E-state index is 11.5. The van der Waals surface area contributed by atoms with Crippen molar-refractivity contribution in [3.05, 3.63) is 0 Å². The van der Waals surface area contributed by atoms with Crippen molar-refractivity contribution < 1.29 is 7.96 Å². The number of carbonyl (C=O) groups excluding carboxylic acids is 1. The first-order valence-electron chi connectivity index (χ1n) is 5.18. The van der Waals surface area contributed by atoms with Crippen molar-refractivity contribution in [2.75, 3.05) is 0 Å². The van der Waals surface area contributed by atoms with E-state index in [4.69, 9.17) is 3.17 Å². The lowest BCUT2D eigenvalue weighted by Gasteiger charge is -2.49. The standard InChI is InChI=1S/C11H22INO2/c1-8(2)10(4,5)11(6,7)13(15-12)9(3)14/h8H,1-7H3. The van der Waals surface area contributed by atoms with Crippen LogP contribution in [0.1, 0.15) is 48.5 Å². The molecule has 0 bridgehead atoms. The minimum Gasteiger partial charge on any atom is -0.273 e. The van der Waals surface area contributed by atoms with E-state index in [-0.39, 0.29) is 16.9 Å². The van der Waals surface area contributed by atoms with Crippen LogP contribution < -0.4 is 0 Å². The van der Waals surface area contributed by atoms with Crippen LogP contribution in [-0.4, -0.2) is 16.5 Å². The number of hydrogen-bond acceptors (Lipinski definition) is 2. The Morgan fingerprint density at radius 2 is 1.67 bits per heavy atom. The molecule has 0 N–H and O–H groups in total. The molecule has 0 aromatic carbocycles. The SMILES string of the molecule is CC(=O)N(OI)C(C)(C)C(C)(C)C(C)C. The van der Waals surface area contributed by atoms with E-state index in [2.05, 4.69) is 27.7 Å². The second-order valence-corrected chi connectivity index (χ2v) is 5.71. The predicted octanol–water partition coefficient (Wildman–Crippen LogP) is 3.58. The fourth-order valence-corrected chi connectivity index (χ4v) is 2.27. The molecule has 0 radical (unpaired) electrons. The van der Waals surface area contributed by atoms with E-state index in [0.717, 1.165) is 0 Å². The molecule has 0 rings (SSSR count). The number of carbonyl (C=O) groups is 1. The molecule has 1 amide bonds. The first kappa shape index (κ1) is 15.2. The molecule has 4 heteroatoms. The summed E-state index contributed by atoms with van der Waals surface area (Å²) >= 11 is 1.76. The molecule has 0 fully saturated rings. The van der Waals surface area contributed by atoms with Crippen molar-refractivity contribution in [3.63, 3.8) is 0 Å². The highest BCUT2D eigenvalue weighted by Gasteiger charge is 2.45. The maximum absolute atomic E-state index is 11.5. The Morgan fingerprint density at radius 3 is 1.87 bits per heavy atom. The van der Waals surface area contributed by atoms with E-state index in [1.165, 1.54) is 12.0 Å². The molecule has 3 nitrogen and oxygen atoms in total. The number of hydroxylamine groups is 2. The lowest BCUT2D eigenvalue weighted by Crippen LogP contribution is -2.56. The first-order chi connectivity index (χ1) is 6.59. The number of halogens is 1. The zero-order valence-corrected chi connectivity index (χ0v) is 12.9. The third-order valence-corrected chi connectivity index (χ3v) is 4.28. The Labute approximate surface area is 107 Å². The van der Waals surface area contributed by atoms with Crippen molar-refractivity contribution in [2.45, 2.75) is 54.0 Å². The molecular weight excluding hydrogens is 305 g/mol. The van der Waals surface area contributed by atoms with Gasteiger partial charge < -0.3 is 0 Å². The molecule has 15 heavy (non-hydrogen) atoms. The number of hydrogen-bond donors (Lipinski definition) is 0. The van der Waals surface area contributed by atoms with Gasteiger partial charge in [-0.3, -0.25) is 4.79 Å². The molecule has 0 saturated carbocycles. The lowest BCUT2D eigenvalue weighted by molar-refractivity contribution is -0.182. The van der Waals surface area contributed by atoms with Crippen LogP contribution in [0.5, 0.6) is 0 Å². The van der Waals surface area contributed by atoms with Gasteiger partial charge in [0.05, 0.1) is 5.54 Å². The Bertz CT molecular complexity index is 237. The van der Waals surface area contributed by atoms with Gasteiger partial charge in [0.25, 0.3) is 0 Å². The van der Waals surface area contributed by atoms with Gasteiger partial charge in [-0.15, -0.1) is 0 Å². The van der Waals surface area contributed by atoms with Crippen LogP contribution in [0.3, 0.4) is 0 Å². The largest absolute Gasteiger partial charge is 0.273 e. The quantitative estimate of drug-likeness (QED) is 0.583. The third kappa shape index (κ3) is 2.84. The summed E-state index contributed by atoms with van der Waals surface area (Å²) in [5.74, 6) is 0.393. The molecule has 90 valence electrons. The fraction of sp³-hybridized carbons (Fsp3) is 0.909. The van der Waals surface area contributed by atoms with E-state index in [1.54, 1.807) is 23.0 Å². The molecule has 0 aliphatic heterocycles. The van der Waals surface area contributed by atoms with Crippen LogP contribution in [0.4, 0.5) is 0 Å². The van der Waals surface area contributed by atoms with Crippen molar-refractivity contribution in [2.24, 2.45) is 11.3 Å². The summed E-state index contributed by atoms with van der Waals surface area (Å²) in [5, 5.41) is 1.45. The summed E-state index contributed by atoms with van der Waals surface area (Å²) in [6, 6.07) is 0. The molecule has 0 aliphatic carbocycles. The number of nitrogens with zero attached hydrogens (tertiary/aromatic N) is 1. The zero-order chi connectivity index (χ0) is 12.4. The summed E-state index contributed by atoms with van der Waals surface area (Å²) in [7, 11) is 0. The van der Waals surface area contributed by atoms with E-state index in [1.807, 2.05) is 13.8 Å². The second kappa shape index (κ2) is 4.99. The lowest BCUT2D eigenvalue weighted by atomic mass is 9.67. The Kier molecular flexibility index (Phi) is 5.05. The van der Waals surface area contributed by atoms with Crippen LogP contribution >= 0.6 is 23.0 Å². The van der Waals surface area contributed by atoms with Crippen molar-refractivity contribution >= 4 is 28.9 Å². The minimum atomic E-state index is -0.339. The van der Waals surface area contributed by atoms with Gasteiger partial charge in [-0.05, 0) is 25.2 Å².